The van der Waals surface area contributed by atoms with Crippen LogP contribution in [-0.2, 0) is 4.79 Å². The molecule has 156 valence electrons. The minimum atomic E-state index is -0.462. The highest BCUT2D eigenvalue weighted by Gasteiger charge is 2.18. The third kappa shape index (κ3) is 4.81. The lowest BCUT2D eigenvalue weighted by Gasteiger charge is -2.13. The van der Waals surface area contributed by atoms with Crippen LogP contribution in [0.15, 0.2) is 35.0 Å². The van der Waals surface area contributed by atoms with Crippen molar-refractivity contribution in [1.29, 1.82) is 0 Å². The smallest absolute Gasteiger partial charge is 0.275 e. The van der Waals surface area contributed by atoms with Gasteiger partial charge in [0.1, 0.15) is 23.1 Å². The van der Waals surface area contributed by atoms with Gasteiger partial charge in [0, 0.05) is 11.8 Å². The van der Waals surface area contributed by atoms with E-state index < -0.39 is 11.9 Å². The van der Waals surface area contributed by atoms with E-state index in [-0.39, 0.29) is 23.2 Å². The average molecular weight is 429 g/mol. The van der Waals surface area contributed by atoms with E-state index in [1.165, 1.54) is 12.3 Å². The molecule has 0 bridgehead atoms. The number of nitrogens with zero attached hydrogens (tertiary/aromatic N) is 3. The van der Waals surface area contributed by atoms with Crippen molar-refractivity contribution in [2.75, 3.05) is 17.7 Å². The van der Waals surface area contributed by atoms with Crippen LogP contribution >= 0.6 is 11.6 Å². The molecule has 10 heteroatoms. The molecule has 0 aliphatic heterocycles. The number of anilines is 2. The minimum Gasteiger partial charge on any atom is -0.361 e. The first-order valence-corrected chi connectivity index (χ1v) is 9.52. The Bertz CT molecular complexity index is 1060. The summed E-state index contributed by atoms with van der Waals surface area (Å²) in [6.45, 7) is 5.32. The van der Waals surface area contributed by atoms with Crippen LogP contribution < -0.4 is 16.0 Å². The van der Waals surface area contributed by atoms with Crippen LogP contribution in [0.3, 0.4) is 0 Å². The zero-order valence-electron chi connectivity index (χ0n) is 16.9. The average Bonchev–Trinajstić information content (AvgIpc) is 3.05. The molecular formula is C20H21ClN6O3. The molecular weight excluding hydrogens is 408 g/mol. The molecule has 9 nitrogen and oxygen atoms in total. The first kappa shape index (κ1) is 21.4. The summed E-state index contributed by atoms with van der Waals surface area (Å²) in [7, 11) is 1.68. The normalized spacial score (nSPS) is 11.8. The summed E-state index contributed by atoms with van der Waals surface area (Å²) in [5.74, 6) is 0.394. The van der Waals surface area contributed by atoms with Crippen LogP contribution in [0.25, 0.3) is 11.1 Å². The maximum atomic E-state index is 12.6. The summed E-state index contributed by atoms with van der Waals surface area (Å²) in [6, 6.07) is 6.03. The highest BCUT2D eigenvalue weighted by molar-refractivity contribution is 6.30. The van der Waals surface area contributed by atoms with Gasteiger partial charge in [-0.25, -0.2) is 9.97 Å². The molecule has 0 saturated heterocycles. The first-order valence-electron chi connectivity index (χ1n) is 9.15. The van der Waals surface area contributed by atoms with Crippen LogP contribution in [0.5, 0.6) is 0 Å². The summed E-state index contributed by atoms with van der Waals surface area (Å²) in [5, 5.41) is 12.7. The number of hydrogen-bond acceptors (Lipinski definition) is 7. The van der Waals surface area contributed by atoms with Crippen molar-refractivity contribution in [3.8, 4) is 11.1 Å². The second kappa shape index (κ2) is 9.02. The lowest BCUT2D eigenvalue weighted by molar-refractivity contribution is -0.117. The molecule has 2 amide bonds. The number of hydrogen-bond donors (Lipinski definition) is 3. The summed E-state index contributed by atoms with van der Waals surface area (Å²) in [4.78, 5) is 33.2. The van der Waals surface area contributed by atoms with Crippen LogP contribution in [0.2, 0.25) is 5.02 Å². The zero-order chi connectivity index (χ0) is 21.8. The summed E-state index contributed by atoms with van der Waals surface area (Å²) >= 11 is 5.82. The maximum absolute atomic E-state index is 12.6. The van der Waals surface area contributed by atoms with Gasteiger partial charge in [0.05, 0.1) is 16.8 Å². The van der Waals surface area contributed by atoms with E-state index in [0.717, 1.165) is 5.56 Å². The number of carbonyl (C=O) groups is 2. The number of carbonyl (C=O) groups excluding carboxylic acids is 2. The molecule has 0 aliphatic carbocycles. The number of aryl methyl sites for hydroxylation is 2. The molecule has 1 unspecified atom stereocenters. The van der Waals surface area contributed by atoms with Crippen LogP contribution in [-0.4, -0.2) is 40.0 Å². The Balaban J connectivity index is 1.97. The molecule has 3 rings (SSSR count). The van der Waals surface area contributed by atoms with Crippen molar-refractivity contribution in [1.82, 2.24) is 20.4 Å². The molecule has 3 N–H and O–H groups in total. The highest BCUT2D eigenvalue weighted by Crippen LogP contribution is 2.30. The monoisotopic (exact) mass is 428 g/mol. The first-order chi connectivity index (χ1) is 14.3. The Morgan fingerprint density at radius 2 is 1.83 bits per heavy atom. The Kier molecular flexibility index (Phi) is 6.43. The van der Waals surface area contributed by atoms with Crippen LogP contribution in [0.1, 0.15) is 28.9 Å². The number of rotatable bonds is 6. The molecule has 0 spiro atoms. The topological polar surface area (TPSA) is 122 Å². The van der Waals surface area contributed by atoms with Crippen LogP contribution in [0.4, 0.5) is 11.6 Å². The van der Waals surface area contributed by atoms with Gasteiger partial charge in [-0.15, -0.1) is 0 Å². The van der Waals surface area contributed by atoms with Crippen LogP contribution in [0, 0.1) is 13.8 Å². The van der Waals surface area contributed by atoms with Gasteiger partial charge >= 0.3 is 0 Å². The lowest BCUT2D eigenvalue weighted by Crippen LogP contribution is -2.35. The fourth-order valence-electron chi connectivity index (χ4n) is 2.75. The SMILES string of the molecule is CNC(C)C(=O)Nc1cc(-c2c(C)noc2C)cc(NC(=O)c2ccc(Cl)cn2)n1. The number of halogens is 1. The molecule has 0 aliphatic rings. The van der Waals surface area contributed by atoms with E-state index in [1.807, 2.05) is 6.92 Å². The molecule has 0 aromatic carbocycles. The van der Waals surface area contributed by atoms with E-state index in [1.54, 1.807) is 39.1 Å². The molecule has 1 atom stereocenters. The van der Waals surface area contributed by atoms with Gasteiger partial charge in [0.2, 0.25) is 5.91 Å². The van der Waals surface area contributed by atoms with E-state index in [0.29, 0.717) is 22.0 Å². The van der Waals surface area contributed by atoms with Gasteiger partial charge < -0.3 is 20.5 Å². The van der Waals surface area contributed by atoms with Crippen molar-refractivity contribution in [3.05, 3.63) is 52.6 Å². The van der Waals surface area contributed by atoms with Crippen molar-refractivity contribution in [3.63, 3.8) is 0 Å². The molecule has 0 radical (unpaired) electrons. The summed E-state index contributed by atoms with van der Waals surface area (Å²) in [6.07, 6.45) is 1.38. The summed E-state index contributed by atoms with van der Waals surface area (Å²) < 4.78 is 5.25. The third-order valence-corrected chi connectivity index (χ3v) is 4.65. The molecule has 3 aromatic heterocycles. The molecule has 3 aromatic rings. The van der Waals surface area contributed by atoms with E-state index >= 15 is 0 Å². The number of amides is 2. The standard InChI is InChI=1S/C20H21ClN6O3/c1-10-18(12(3)30-27-10)13-7-16(25-19(28)11(2)22-4)24-17(8-13)26-20(29)15-6-5-14(21)9-23-15/h5-9,11,22H,1-4H3,(H2,24,25,26,28,29). The highest BCUT2D eigenvalue weighted by atomic mass is 35.5. The van der Waals surface area contributed by atoms with E-state index in [2.05, 4.69) is 31.1 Å². The molecule has 3 heterocycles. The zero-order valence-corrected chi connectivity index (χ0v) is 17.7. The van der Waals surface area contributed by atoms with Gasteiger partial charge in [-0.05, 0) is 57.6 Å². The van der Waals surface area contributed by atoms with E-state index in [4.69, 9.17) is 16.1 Å². The quantitative estimate of drug-likeness (QED) is 0.551. The maximum Gasteiger partial charge on any atom is 0.275 e. The van der Waals surface area contributed by atoms with Gasteiger partial charge in [-0.2, -0.15) is 0 Å². The van der Waals surface area contributed by atoms with E-state index in [9.17, 15) is 9.59 Å². The fraction of sp³-hybridized carbons (Fsp3) is 0.250. The predicted molar refractivity (Wildman–Crippen MR) is 114 cm³/mol. The third-order valence-electron chi connectivity index (χ3n) is 4.43. The minimum absolute atomic E-state index is 0.179. The number of nitrogens with one attached hydrogen (secondary N) is 3. The number of pyridine rings is 2. The Morgan fingerprint density at radius 3 is 2.40 bits per heavy atom. The molecule has 0 fully saturated rings. The summed E-state index contributed by atoms with van der Waals surface area (Å²) in [5.41, 5.74) is 2.30. The number of aromatic nitrogens is 3. The predicted octanol–water partition coefficient (Wildman–Crippen LogP) is 3.20. The van der Waals surface area contributed by atoms with Gasteiger partial charge in [-0.3, -0.25) is 9.59 Å². The second-order valence-electron chi connectivity index (χ2n) is 6.64. The van der Waals surface area contributed by atoms with Gasteiger partial charge in [-0.1, -0.05) is 16.8 Å². The largest absolute Gasteiger partial charge is 0.361 e. The van der Waals surface area contributed by atoms with Crippen molar-refractivity contribution in [2.45, 2.75) is 26.8 Å². The molecule has 0 saturated carbocycles. The Labute approximate surface area is 178 Å². The second-order valence-corrected chi connectivity index (χ2v) is 7.08. The molecule has 30 heavy (non-hydrogen) atoms. The fourth-order valence-corrected chi connectivity index (χ4v) is 2.87. The van der Waals surface area contributed by atoms with Crippen molar-refractivity contribution in [2.24, 2.45) is 0 Å². The Morgan fingerprint density at radius 1 is 1.13 bits per heavy atom. The van der Waals surface area contributed by atoms with Gasteiger partial charge in [0.25, 0.3) is 5.91 Å². The lowest BCUT2D eigenvalue weighted by atomic mass is 10.1. The number of likely N-dealkylation sites (N-methyl/N-ethyl adjacent to an activating group) is 1. The van der Waals surface area contributed by atoms with Crippen molar-refractivity contribution >= 4 is 35.1 Å². The van der Waals surface area contributed by atoms with Gasteiger partial charge in [0.15, 0.2) is 0 Å². The Hall–Kier alpha value is -3.30. The van der Waals surface area contributed by atoms with Crippen molar-refractivity contribution < 1.29 is 14.1 Å².